The Morgan fingerprint density at radius 3 is 2.31 bits per heavy atom. The molecule has 3 N–H and O–H groups in total. The summed E-state index contributed by atoms with van der Waals surface area (Å²) < 4.78 is 0. The maximum atomic E-state index is 12.5. The minimum Gasteiger partial charge on any atom is -0.481 e. The zero-order valence-electron chi connectivity index (χ0n) is 15.2. The van der Waals surface area contributed by atoms with Crippen LogP contribution in [0, 0.1) is 0 Å². The normalized spacial score (nSPS) is 11.8. The number of amides is 2. The number of hydrogen-bond donors (Lipinski definition) is 3. The third kappa shape index (κ3) is 6.24. The molecule has 0 aliphatic carbocycles. The topological polar surface area (TPSA) is 78.4 Å². The first-order valence-electron chi connectivity index (χ1n) is 8.88. The third-order valence-corrected chi connectivity index (χ3v) is 4.20. The van der Waals surface area contributed by atoms with E-state index in [0.29, 0.717) is 18.8 Å². The lowest BCUT2D eigenvalue weighted by Gasteiger charge is -2.20. The standard InChI is InChI=1S/C21H26N2O3/c1-15(2)18-10-6-7-11-19(18)23-21(26)22-17(12-13-20(24)25)14-16-8-4-3-5-9-16/h3-11,15,17H,12-14H2,1-2H3,(H,24,25)(H2,22,23,26). The van der Waals surface area contributed by atoms with Gasteiger partial charge in [0.25, 0.3) is 0 Å². The summed E-state index contributed by atoms with van der Waals surface area (Å²) in [7, 11) is 0. The third-order valence-electron chi connectivity index (χ3n) is 4.20. The molecule has 2 rings (SSSR count). The van der Waals surface area contributed by atoms with Gasteiger partial charge in [0.1, 0.15) is 0 Å². The molecule has 0 bridgehead atoms. The second-order valence-corrected chi connectivity index (χ2v) is 6.66. The molecule has 0 aliphatic heterocycles. The van der Waals surface area contributed by atoms with Crippen molar-refractivity contribution in [2.24, 2.45) is 0 Å². The van der Waals surface area contributed by atoms with Crippen LogP contribution < -0.4 is 10.6 Å². The molecule has 5 nitrogen and oxygen atoms in total. The van der Waals surface area contributed by atoms with E-state index in [1.54, 1.807) is 0 Å². The van der Waals surface area contributed by atoms with Crippen molar-refractivity contribution in [3.05, 3.63) is 65.7 Å². The van der Waals surface area contributed by atoms with Gasteiger partial charge >= 0.3 is 12.0 Å². The Hall–Kier alpha value is -2.82. The molecule has 0 spiro atoms. The Bertz CT molecular complexity index is 729. The molecular formula is C21H26N2O3. The van der Waals surface area contributed by atoms with Crippen molar-refractivity contribution >= 4 is 17.7 Å². The van der Waals surface area contributed by atoms with Gasteiger partial charge < -0.3 is 15.7 Å². The highest BCUT2D eigenvalue weighted by molar-refractivity contribution is 5.90. The van der Waals surface area contributed by atoms with Crippen molar-refractivity contribution in [1.82, 2.24) is 5.32 Å². The fraction of sp³-hybridized carbons (Fsp3) is 0.333. The maximum Gasteiger partial charge on any atom is 0.319 e. The SMILES string of the molecule is CC(C)c1ccccc1NC(=O)NC(CCC(=O)O)Cc1ccccc1. The number of carboxylic acid groups (broad SMARTS) is 1. The number of carbonyl (C=O) groups is 2. The molecule has 0 radical (unpaired) electrons. The van der Waals surface area contributed by atoms with Crippen molar-refractivity contribution in [2.45, 2.75) is 45.1 Å². The van der Waals surface area contributed by atoms with Crippen LogP contribution in [0.3, 0.4) is 0 Å². The molecule has 2 amide bonds. The lowest BCUT2D eigenvalue weighted by molar-refractivity contribution is -0.137. The van der Waals surface area contributed by atoms with Crippen LogP contribution in [0.5, 0.6) is 0 Å². The molecule has 0 fully saturated rings. The molecule has 0 aromatic heterocycles. The second kappa shape index (κ2) is 9.61. The van der Waals surface area contributed by atoms with Gasteiger partial charge in [-0.2, -0.15) is 0 Å². The minimum absolute atomic E-state index is 0.0142. The Balaban J connectivity index is 2.04. The zero-order chi connectivity index (χ0) is 18.9. The Kier molecular flexibility index (Phi) is 7.21. The average molecular weight is 354 g/mol. The van der Waals surface area contributed by atoms with Crippen LogP contribution in [0.4, 0.5) is 10.5 Å². The molecule has 0 saturated heterocycles. The number of aliphatic carboxylic acids is 1. The molecular weight excluding hydrogens is 328 g/mol. The average Bonchev–Trinajstić information content (AvgIpc) is 2.60. The van der Waals surface area contributed by atoms with Crippen LogP contribution in [-0.2, 0) is 11.2 Å². The highest BCUT2D eigenvalue weighted by Crippen LogP contribution is 2.23. The summed E-state index contributed by atoms with van der Waals surface area (Å²) in [6.07, 6.45) is 0.983. The van der Waals surface area contributed by atoms with E-state index in [9.17, 15) is 9.59 Å². The summed E-state index contributed by atoms with van der Waals surface area (Å²) in [5, 5.41) is 14.8. The van der Waals surface area contributed by atoms with Gasteiger partial charge in [0.15, 0.2) is 0 Å². The predicted molar refractivity (Wildman–Crippen MR) is 103 cm³/mol. The molecule has 0 saturated carbocycles. The smallest absolute Gasteiger partial charge is 0.319 e. The molecule has 1 atom stereocenters. The van der Waals surface area contributed by atoms with E-state index in [-0.39, 0.29) is 18.5 Å². The highest BCUT2D eigenvalue weighted by Gasteiger charge is 2.16. The van der Waals surface area contributed by atoms with Gasteiger partial charge in [0.2, 0.25) is 0 Å². The van der Waals surface area contributed by atoms with Crippen LogP contribution >= 0.6 is 0 Å². The lowest BCUT2D eigenvalue weighted by Crippen LogP contribution is -2.39. The lowest BCUT2D eigenvalue weighted by atomic mass is 10.0. The van der Waals surface area contributed by atoms with Crippen LogP contribution in [0.2, 0.25) is 0 Å². The number of rotatable bonds is 8. The van der Waals surface area contributed by atoms with Gasteiger partial charge in [-0.05, 0) is 36.0 Å². The number of urea groups is 1. The van der Waals surface area contributed by atoms with Crippen LogP contribution in [0.15, 0.2) is 54.6 Å². The van der Waals surface area contributed by atoms with Crippen molar-refractivity contribution in [2.75, 3.05) is 5.32 Å². The minimum atomic E-state index is -0.865. The first-order chi connectivity index (χ1) is 12.5. The number of nitrogens with one attached hydrogen (secondary N) is 2. The van der Waals surface area contributed by atoms with Crippen LogP contribution in [-0.4, -0.2) is 23.1 Å². The van der Waals surface area contributed by atoms with Gasteiger partial charge in [-0.15, -0.1) is 0 Å². The largest absolute Gasteiger partial charge is 0.481 e. The van der Waals surface area contributed by atoms with E-state index >= 15 is 0 Å². The fourth-order valence-electron chi connectivity index (χ4n) is 2.88. The van der Waals surface area contributed by atoms with Crippen LogP contribution in [0.25, 0.3) is 0 Å². The van der Waals surface area contributed by atoms with E-state index in [1.807, 2.05) is 54.6 Å². The first-order valence-corrected chi connectivity index (χ1v) is 8.88. The Labute approximate surface area is 154 Å². The van der Waals surface area contributed by atoms with Crippen molar-refractivity contribution < 1.29 is 14.7 Å². The molecule has 26 heavy (non-hydrogen) atoms. The van der Waals surface area contributed by atoms with Gasteiger partial charge in [-0.3, -0.25) is 4.79 Å². The Morgan fingerprint density at radius 1 is 1.00 bits per heavy atom. The quantitative estimate of drug-likeness (QED) is 0.657. The van der Waals surface area contributed by atoms with E-state index in [0.717, 1.165) is 16.8 Å². The summed E-state index contributed by atoms with van der Waals surface area (Å²) in [6, 6.07) is 16.9. The first kappa shape index (κ1) is 19.5. The van der Waals surface area contributed by atoms with Crippen LogP contribution in [0.1, 0.15) is 43.7 Å². The van der Waals surface area contributed by atoms with E-state index in [4.69, 9.17) is 5.11 Å². The van der Waals surface area contributed by atoms with Crippen molar-refractivity contribution in [3.8, 4) is 0 Å². The summed E-state index contributed by atoms with van der Waals surface area (Å²) in [4.78, 5) is 23.4. The molecule has 2 aromatic rings. The van der Waals surface area contributed by atoms with Gasteiger partial charge in [-0.25, -0.2) is 4.79 Å². The number of para-hydroxylation sites is 1. The number of benzene rings is 2. The summed E-state index contributed by atoms with van der Waals surface area (Å²) in [5.41, 5.74) is 2.90. The highest BCUT2D eigenvalue weighted by atomic mass is 16.4. The predicted octanol–water partition coefficient (Wildman–Crippen LogP) is 4.41. The molecule has 0 aliphatic rings. The van der Waals surface area contributed by atoms with E-state index in [1.165, 1.54) is 0 Å². The zero-order valence-corrected chi connectivity index (χ0v) is 15.2. The fourth-order valence-corrected chi connectivity index (χ4v) is 2.88. The molecule has 2 aromatic carbocycles. The van der Waals surface area contributed by atoms with Crippen molar-refractivity contribution in [3.63, 3.8) is 0 Å². The van der Waals surface area contributed by atoms with Gasteiger partial charge in [-0.1, -0.05) is 62.4 Å². The summed E-state index contributed by atoms with van der Waals surface area (Å²) in [6.45, 7) is 4.15. The number of hydrogen-bond acceptors (Lipinski definition) is 2. The summed E-state index contributed by atoms with van der Waals surface area (Å²) >= 11 is 0. The van der Waals surface area contributed by atoms with Gasteiger partial charge in [0.05, 0.1) is 0 Å². The molecule has 138 valence electrons. The van der Waals surface area contributed by atoms with E-state index in [2.05, 4.69) is 24.5 Å². The van der Waals surface area contributed by atoms with Crippen molar-refractivity contribution in [1.29, 1.82) is 0 Å². The Morgan fingerprint density at radius 2 is 1.65 bits per heavy atom. The number of carboxylic acids is 1. The monoisotopic (exact) mass is 354 g/mol. The van der Waals surface area contributed by atoms with E-state index < -0.39 is 5.97 Å². The summed E-state index contributed by atoms with van der Waals surface area (Å²) in [5.74, 6) is -0.575. The maximum absolute atomic E-state index is 12.5. The second-order valence-electron chi connectivity index (χ2n) is 6.66. The van der Waals surface area contributed by atoms with Gasteiger partial charge in [0, 0.05) is 18.2 Å². The number of carbonyl (C=O) groups excluding carboxylic acids is 1. The molecule has 0 heterocycles. The molecule has 5 heteroatoms. The molecule has 1 unspecified atom stereocenters. The number of anilines is 1.